The van der Waals surface area contributed by atoms with Crippen molar-refractivity contribution in [1.29, 1.82) is 0 Å². The lowest BCUT2D eigenvalue weighted by Gasteiger charge is -2.40. The fourth-order valence-corrected chi connectivity index (χ4v) is 10.4. The highest BCUT2D eigenvalue weighted by Crippen LogP contribution is 2.60. The zero-order chi connectivity index (χ0) is 51.9. The third-order valence-electron chi connectivity index (χ3n) is 12.2. The summed E-state index contributed by atoms with van der Waals surface area (Å²) in [4.78, 5) is 77.7. The third-order valence-corrected chi connectivity index (χ3v) is 14.8. The molecule has 22 nitrogen and oxygen atoms in total. The highest BCUT2D eigenvalue weighted by atomic mass is 31.3. The second-order valence-electron chi connectivity index (χ2n) is 18.8. The Labute approximate surface area is 410 Å². The Morgan fingerprint density at radius 2 is 1.50 bits per heavy atom. The summed E-state index contributed by atoms with van der Waals surface area (Å²) < 4.78 is 58.6. The van der Waals surface area contributed by atoms with Gasteiger partial charge in [-0.25, -0.2) is 13.9 Å². The highest BCUT2D eigenvalue weighted by Gasteiger charge is 2.45. The van der Waals surface area contributed by atoms with Gasteiger partial charge in [-0.2, -0.15) is 9.29 Å². The summed E-state index contributed by atoms with van der Waals surface area (Å²) in [5.74, 6) is -4.50. The monoisotopic (exact) mass is 1040 g/mol. The molecule has 0 aromatic carbocycles. The minimum atomic E-state index is -5.75. The maximum absolute atomic E-state index is 13.7. The number of Topliss-reactive ketones (excluding diaryl/α,β-unsaturated/α-hetero) is 1. The van der Waals surface area contributed by atoms with Crippen LogP contribution in [-0.4, -0.2) is 125 Å². The lowest BCUT2D eigenvalue weighted by molar-refractivity contribution is -0.196. The number of ether oxygens (including phenoxy) is 3. The van der Waals surface area contributed by atoms with E-state index in [1.54, 1.807) is 0 Å². The van der Waals surface area contributed by atoms with E-state index in [1.165, 1.54) is 37.5 Å². The van der Waals surface area contributed by atoms with Gasteiger partial charge in [0.1, 0.15) is 36.6 Å². The zero-order valence-corrected chi connectivity index (χ0v) is 42.6. The molecule has 24 heteroatoms. The second kappa shape index (κ2) is 31.6. The molecule has 0 saturated carbocycles. The number of aliphatic hydroxyl groups is 5. The summed E-state index contributed by atoms with van der Waals surface area (Å²) in [5.41, 5.74) is 4.66. The molecule has 2 aliphatic heterocycles. The normalized spacial score (nSPS) is 31.2. The lowest BCUT2D eigenvalue weighted by Crippen LogP contribution is -2.52. The van der Waals surface area contributed by atoms with Crippen LogP contribution in [0.15, 0.2) is 29.2 Å². The van der Waals surface area contributed by atoms with Crippen molar-refractivity contribution in [2.24, 2.45) is 17.8 Å². The SMILES string of the molecule is CCCCC[C@H](O)/C=C/[C@@H]1[C@H](O)[C@H](O)[C@H]2COP(=O)(O)OP(=O)(O)OC[C@H](OC(=O)CCCCCCCCCCC(C)C)COC(=O)CCCCC(=O)C[C@H]([C@H](n3ccc(N)nc3=O)O2)[C@@H](O)C[C@H]1O. The molecule has 1 aromatic rings. The number of phosphoric ester groups is 2. The van der Waals surface area contributed by atoms with Crippen LogP contribution in [0.5, 0.6) is 0 Å². The number of carbonyl (C=O) groups is 3. The van der Waals surface area contributed by atoms with Crippen LogP contribution in [0.3, 0.4) is 0 Å². The summed E-state index contributed by atoms with van der Waals surface area (Å²) in [5, 5.41) is 57.4. The number of aliphatic hydroxyl groups excluding tert-OH is 5. The number of nitrogen functional groups attached to an aromatic ring is 1. The predicted molar refractivity (Wildman–Crippen MR) is 254 cm³/mol. The van der Waals surface area contributed by atoms with Crippen molar-refractivity contribution in [2.75, 3.05) is 25.6 Å². The number of cyclic esters (lactones) is 1. The van der Waals surface area contributed by atoms with Crippen molar-refractivity contribution in [3.63, 3.8) is 0 Å². The quantitative estimate of drug-likeness (QED) is 0.0387. The largest absolute Gasteiger partial charge is 0.481 e. The fourth-order valence-electron chi connectivity index (χ4n) is 8.25. The molecule has 3 heterocycles. The van der Waals surface area contributed by atoms with Gasteiger partial charge < -0.3 is 55.3 Å². The zero-order valence-electron chi connectivity index (χ0n) is 40.8. The van der Waals surface area contributed by atoms with Gasteiger partial charge in [-0.1, -0.05) is 104 Å². The van der Waals surface area contributed by atoms with Crippen LogP contribution >= 0.6 is 15.6 Å². The number of fused-ring (bicyclic) bond motifs is 3. The predicted octanol–water partition coefficient (Wildman–Crippen LogP) is 5.08. The number of anilines is 1. The highest BCUT2D eigenvalue weighted by molar-refractivity contribution is 7.61. The molecule has 0 amide bonds. The Kier molecular flexibility index (Phi) is 27.7. The minimum absolute atomic E-state index is 0.0250. The van der Waals surface area contributed by atoms with Crippen LogP contribution in [0.1, 0.15) is 155 Å². The van der Waals surface area contributed by atoms with Crippen LogP contribution in [0, 0.1) is 17.8 Å². The Balaban J connectivity index is 1.91. The van der Waals surface area contributed by atoms with Crippen molar-refractivity contribution in [3.05, 3.63) is 34.9 Å². The standard InChI is InChI=1S/C46H79N3O19P2/c1-4-5-12-18-32(50)22-23-35-37(52)27-38(53)36-26-33(51)19-15-16-20-41(54)63-28-34(66-42(55)21-14-11-9-7-6-8-10-13-17-31(2)3)29-64-69(59,60)68-70(61,62)65-30-39(44(57)43(35)56)67-45(36)49-25-24-40(47)48-46(49)58/h22-25,31-32,34-39,43-45,50,52-53,56-57H,4-21,26-30H2,1-3H3,(H,59,60)(H,61,62)(H2,47,48,58)/b23-22+/t32-,34+,35-,36-,37+,38-,39+,43-,44+,45+/m0/s1. The molecule has 2 saturated heterocycles. The molecule has 402 valence electrons. The van der Waals surface area contributed by atoms with E-state index in [4.69, 9.17) is 29.0 Å². The summed E-state index contributed by atoms with van der Waals surface area (Å²) >= 11 is 0. The number of hydrogen-bond donors (Lipinski definition) is 8. The summed E-state index contributed by atoms with van der Waals surface area (Å²) in [7, 11) is -11.4. The molecule has 2 aliphatic rings. The van der Waals surface area contributed by atoms with Crippen molar-refractivity contribution in [3.8, 4) is 0 Å². The number of phosphoric acid groups is 2. The van der Waals surface area contributed by atoms with Crippen LogP contribution in [0.25, 0.3) is 0 Å². The van der Waals surface area contributed by atoms with Crippen molar-refractivity contribution >= 4 is 39.2 Å². The third kappa shape index (κ3) is 23.3. The van der Waals surface area contributed by atoms with E-state index < -0.39 is 133 Å². The summed E-state index contributed by atoms with van der Waals surface area (Å²) in [6.45, 7) is 3.50. The van der Waals surface area contributed by atoms with Crippen molar-refractivity contribution < 1.29 is 86.4 Å². The molecule has 0 spiro atoms. The van der Waals surface area contributed by atoms with Gasteiger partial charge in [-0.3, -0.25) is 28.0 Å². The molecule has 2 fully saturated rings. The number of rotatable bonds is 19. The van der Waals surface area contributed by atoms with Crippen molar-refractivity contribution in [1.82, 2.24) is 9.55 Å². The average Bonchev–Trinajstić information content (AvgIpc) is 3.27. The first-order valence-corrected chi connectivity index (χ1v) is 27.7. The van der Waals surface area contributed by atoms with Crippen LogP contribution in [0.2, 0.25) is 0 Å². The molecule has 0 radical (unpaired) electrons. The van der Waals surface area contributed by atoms with E-state index >= 15 is 0 Å². The number of nitrogens with two attached hydrogens (primary N) is 1. The lowest BCUT2D eigenvalue weighted by atomic mass is 9.82. The number of ketones is 1. The maximum atomic E-state index is 13.7. The van der Waals surface area contributed by atoms with E-state index in [0.29, 0.717) is 25.2 Å². The first kappa shape index (κ1) is 61.4. The second-order valence-corrected chi connectivity index (χ2v) is 21.8. The van der Waals surface area contributed by atoms with E-state index in [2.05, 4.69) is 23.1 Å². The maximum Gasteiger partial charge on any atom is 0.481 e. The molecule has 2 bridgehead atoms. The molecular weight excluding hydrogens is 960 g/mol. The van der Waals surface area contributed by atoms with E-state index in [9.17, 15) is 63.6 Å². The average molecular weight is 1040 g/mol. The van der Waals surface area contributed by atoms with Gasteiger partial charge in [0, 0.05) is 50.1 Å². The van der Waals surface area contributed by atoms with E-state index in [1.807, 2.05) is 6.92 Å². The molecular formula is C46H79N3O19P2. The van der Waals surface area contributed by atoms with Crippen molar-refractivity contribution in [2.45, 2.75) is 198 Å². The number of carbonyl (C=O) groups excluding carboxylic acids is 3. The Morgan fingerprint density at radius 3 is 2.16 bits per heavy atom. The number of unbranched alkanes of at least 4 members (excludes halogenated alkanes) is 9. The molecule has 0 aliphatic carbocycles. The fraction of sp³-hybridized carbons (Fsp3) is 0.804. The van der Waals surface area contributed by atoms with Gasteiger partial charge in [0.25, 0.3) is 0 Å². The molecule has 12 atom stereocenters. The van der Waals surface area contributed by atoms with Gasteiger partial charge in [0.2, 0.25) is 0 Å². The summed E-state index contributed by atoms with van der Waals surface area (Å²) in [6, 6.07) is 1.18. The van der Waals surface area contributed by atoms with Gasteiger partial charge >= 0.3 is 33.3 Å². The molecule has 1 aromatic heterocycles. The Bertz CT molecular complexity index is 1920. The topological polar surface area (TPSA) is 343 Å². The molecule has 70 heavy (non-hydrogen) atoms. The van der Waals surface area contributed by atoms with E-state index in [0.717, 1.165) is 55.7 Å². The summed E-state index contributed by atoms with van der Waals surface area (Å²) in [6.07, 6.45) is -0.114. The van der Waals surface area contributed by atoms with Gasteiger partial charge in [-0.15, -0.1) is 0 Å². The Morgan fingerprint density at radius 1 is 0.871 bits per heavy atom. The molecule has 9 N–H and O–H groups in total. The van der Waals surface area contributed by atoms with Gasteiger partial charge in [-0.05, 0) is 37.7 Å². The van der Waals surface area contributed by atoms with Gasteiger partial charge in [0.05, 0.1) is 37.6 Å². The minimum Gasteiger partial charge on any atom is -0.462 e. The van der Waals surface area contributed by atoms with Gasteiger partial charge in [0.15, 0.2) is 6.10 Å². The first-order chi connectivity index (χ1) is 33.1. The number of aromatic nitrogens is 2. The first-order valence-electron chi connectivity index (χ1n) is 24.7. The number of hydrogen-bond acceptors (Lipinski definition) is 19. The molecule has 3 rings (SSSR count). The van der Waals surface area contributed by atoms with Crippen LogP contribution in [-0.2, 0) is 51.1 Å². The number of esters is 2. The van der Waals surface area contributed by atoms with E-state index in [-0.39, 0.29) is 37.9 Å². The van der Waals surface area contributed by atoms with Crippen LogP contribution < -0.4 is 11.4 Å². The van der Waals surface area contributed by atoms with Crippen LogP contribution in [0.4, 0.5) is 5.82 Å². The smallest absolute Gasteiger partial charge is 0.462 e. The molecule has 2 unspecified atom stereocenters. The number of nitrogens with zero attached hydrogens (tertiary/aromatic N) is 2. The Hall–Kier alpha value is -2.95.